The van der Waals surface area contributed by atoms with E-state index in [2.05, 4.69) is 10.7 Å². The van der Waals surface area contributed by atoms with Crippen LogP contribution in [0.5, 0.6) is 0 Å². The molecule has 7 nitrogen and oxygen atoms in total. The van der Waals surface area contributed by atoms with Gasteiger partial charge in [0.25, 0.3) is 6.04 Å². The van der Waals surface area contributed by atoms with E-state index in [0.29, 0.717) is 13.0 Å². The smallest absolute Gasteiger partial charge is 0.261 e. The van der Waals surface area contributed by atoms with Crippen molar-refractivity contribution in [3.8, 4) is 0 Å². The Balaban J connectivity index is 2.11. The molecule has 2 rings (SSSR count). The third-order valence-corrected chi connectivity index (χ3v) is 2.36. The van der Waals surface area contributed by atoms with Crippen molar-refractivity contribution in [1.29, 1.82) is 0 Å². The number of fused-ring (bicyclic) bond motifs is 1. The fourth-order valence-electron chi connectivity index (χ4n) is 1.67. The number of hydrazine groups is 1. The van der Waals surface area contributed by atoms with Crippen molar-refractivity contribution in [2.75, 3.05) is 13.1 Å². The molecule has 2 N–H and O–H groups in total. The number of nitro groups is 1. The zero-order valence-electron chi connectivity index (χ0n) is 6.90. The lowest BCUT2D eigenvalue weighted by atomic mass is 10.2. The predicted octanol–water partition coefficient (Wildman–Crippen LogP) is -1.70. The van der Waals surface area contributed by atoms with Crippen LogP contribution in [0.4, 0.5) is 0 Å². The van der Waals surface area contributed by atoms with Crippen LogP contribution in [0, 0.1) is 10.1 Å². The third-order valence-electron chi connectivity index (χ3n) is 2.36. The maximum atomic E-state index is 11.0. The molecule has 2 aliphatic rings. The summed E-state index contributed by atoms with van der Waals surface area (Å²) in [5, 5.41) is 14.9. The van der Waals surface area contributed by atoms with E-state index in [1.807, 2.05) is 0 Å². The Bertz CT molecular complexity index is 256. The summed E-state index contributed by atoms with van der Waals surface area (Å²) in [5.74, 6) is -0.114. The van der Waals surface area contributed by atoms with Crippen molar-refractivity contribution in [2.24, 2.45) is 0 Å². The second-order valence-corrected chi connectivity index (χ2v) is 3.17. The van der Waals surface area contributed by atoms with Crippen LogP contribution in [0.3, 0.4) is 0 Å². The number of rotatable bonds is 1. The van der Waals surface area contributed by atoms with Gasteiger partial charge in [-0.05, 0) is 0 Å². The Kier molecular flexibility index (Phi) is 1.89. The van der Waals surface area contributed by atoms with Gasteiger partial charge in [-0.15, -0.1) is 0 Å². The number of hydrogen-bond donors (Lipinski definition) is 2. The van der Waals surface area contributed by atoms with Gasteiger partial charge >= 0.3 is 0 Å². The van der Waals surface area contributed by atoms with Gasteiger partial charge in [0.05, 0.1) is 6.54 Å². The van der Waals surface area contributed by atoms with Gasteiger partial charge in [0.1, 0.15) is 0 Å². The Morgan fingerprint density at radius 2 is 2.38 bits per heavy atom. The number of carbonyl (C=O) groups excluding carboxylic acids is 1. The normalized spacial score (nSPS) is 34.0. The van der Waals surface area contributed by atoms with Crippen molar-refractivity contribution < 1.29 is 9.72 Å². The summed E-state index contributed by atoms with van der Waals surface area (Å²) in [6.45, 7) is 0.832. The summed E-state index contributed by atoms with van der Waals surface area (Å²) in [5.41, 5.74) is 2.89. The Hall–Kier alpha value is -1.21. The molecular weight excluding hydrogens is 176 g/mol. The molecule has 0 aromatic heterocycles. The largest absolute Gasteiger partial charge is 0.333 e. The van der Waals surface area contributed by atoms with Crippen molar-refractivity contribution in [2.45, 2.75) is 18.6 Å². The van der Waals surface area contributed by atoms with Gasteiger partial charge < -0.3 is 5.32 Å². The van der Waals surface area contributed by atoms with Gasteiger partial charge in [-0.3, -0.25) is 14.9 Å². The van der Waals surface area contributed by atoms with Crippen molar-refractivity contribution in [1.82, 2.24) is 15.8 Å². The molecule has 2 saturated heterocycles. The van der Waals surface area contributed by atoms with Crippen LogP contribution in [0.15, 0.2) is 0 Å². The molecule has 0 saturated carbocycles. The first-order valence-electron chi connectivity index (χ1n) is 4.11. The molecule has 1 amide bonds. The van der Waals surface area contributed by atoms with Crippen LogP contribution in [0.2, 0.25) is 0 Å². The van der Waals surface area contributed by atoms with Gasteiger partial charge in [0, 0.05) is 17.9 Å². The highest BCUT2D eigenvalue weighted by atomic mass is 16.6. The highest BCUT2D eigenvalue weighted by Gasteiger charge is 2.45. The molecule has 0 aliphatic carbocycles. The molecule has 2 fully saturated rings. The van der Waals surface area contributed by atoms with E-state index in [0.717, 1.165) is 0 Å². The van der Waals surface area contributed by atoms with Crippen LogP contribution in [-0.2, 0) is 4.79 Å². The van der Waals surface area contributed by atoms with Crippen molar-refractivity contribution in [3.63, 3.8) is 0 Å². The first kappa shape index (κ1) is 8.39. The van der Waals surface area contributed by atoms with E-state index in [4.69, 9.17) is 0 Å². The van der Waals surface area contributed by atoms with E-state index in [1.54, 1.807) is 5.01 Å². The van der Waals surface area contributed by atoms with E-state index in [-0.39, 0.29) is 17.4 Å². The minimum absolute atomic E-state index is 0.114. The highest BCUT2D eigenvalue weighted by Crippen LogP contribution is 2.13. The lowest BCUT2D eigenvalue weighted by Gasteiger charge is -2.28. The summed E-state index contributed by atoms with van der Waals surface area (Å²) >= 11 is 0. The molecule has 2 atom stereocenters. The minimum atomic E-state index is -0.732. The summed E-state index contributed by atoms with van der Waals surface area (Å²) in [6, 6.07) is -0.732. The molecule has 0 aromatic rings. The number of hydrogen-bond acceptors (Lipinski definition) is 5. The fourth-order valence-corrected chi connectivity index (χ4v) is 1.67. The summed E-state index contributed by atoms with van der Waals surface area (Å²) < 4.78 is 0. The summed E-state index contributed by atoms with van der Waals surface area (Å²) in [6.07, 6.45) is -0.0789. The van der Waals surface area contributed by atoms with Gasteiger partial charge in [0.15, 0.2) is 6.17 Å². The van der Waals surface area contributed by atoms with Crippen LogP contribution < -0.4 is 10.7 Å². The van der Waals surface area contributed by atoms with Crippen molar-refractivity contribution >= 4 is 5.91 Å². The zero-order valence-corrected chi connectivity index (χ0v) is 6.90. The lowest BCUT2D eigenvalue weighted by Crippen LogP contribution is -2.57. The standard InChI is InChI=1S/C6H10N4O3/c11-5-1-2-9-6(8-5)4(3-7-9)10(12)13/h4,6-7H,1-3H2,(H,8,11). The van der Waals surface area contributed by atoms with Gasteiger partial charge in [-0.2, -0.15) is 0 Å². The molecule has 0 spiro atoms. The van der Waals surface area contributed by atoms with Gasteiger partial charge in [-0.1, -0.05) is 0 Å². The zero-order chi connectivity index (χ0) is 9.42. The molecule has 0 bridgehead atoms. The Labute approximate surface area is 74.2 Å². The summed E-state index contributed by atoms with van der Waals surface area (Å²) in [7, 11) is 0. The summed E-state index contributed by atoms with van der Waals surface area (Å²) in [4.78, 5) is 21.2. The Morgan fingerprint density at radius 1 is 1.62 bits per heavy atom. The van der Waals surface area contributed by atoms with Crippen molar-refractivity contribution in [3.05, 3.63) is 10.1 Å². The van der Waals surface area contributed by atoms with Gasteiger partial charge in [-0.25, -0.2) is 10.4 Å². The highest BCUT2D eigenvalue weighted by molar-refractivity contribution is 5.77. The maximum absolute atomic E-state index is 11.0. The van der Waals surface area contributed by atoms with E-state index >= 15 is 0 Å². The number of nitrogens with one attached hydrogen (secondary N) is 2. The first-order valence-corrected chi connectivity index (χ1v) is 4.11. The molecule has 0 aromatic carbocycles. The Morgan fingerprint density at radius 3 is 3.08 bits per heavy atom. The number of carbonyl (C=O) groups is 1. The topological polar surface area (TPSA) is 87.5 Å². The molecule has 2 unspecified atom stereocenters. The molecule has 13 heavy (non-hydrogen) atoms. The maximum Gasteiger partial charge on any atom is 0.261 e. The molecule has 7 heteroatoms. The number of amides is 1. The average Bonchev–Trinajstić information content (AvgIpc) is 2.46. The molecule has 72 valence electrons. The lowest BCUT2D eigenvalue weighted by molar-refractivity contribution is -0.522. The third kappa shape index (κ3) is 1.36. The molecule has 0 radical (unpaired) electrons. The monoisotopic (exact) mass is 186 g/mol. The molecule has 2 heterocycles. The van der Waals surface area contributed by atoms with Crippen LogP contribution in [0.1, 0.15) is 6.42 Å². The quantitative estimate of drug-likeness (QED) is 0.376. The predicted molar refractivity (Wildman–Crippen MR) is 42.0 cm³/mol. The average molecular weight is 186 g/mol. The first-order chi connectivity index (χ1) is 6.18. The van der Waals surface area contributed by atoms with E-state index < -0.39 is 12.2 Å². The fraction of sp³-hybridized carbons (Fsp3) is 0.833. The minimum Gasteiger partial charge on any atom is -0.333 e. The van der Waals surface area contributed by atoms with E-state index in [1.165, 1.54) is 0 Å². The second-order valence-electron chi connectivity index (χ2n) is 3.17. The SMILES string of the molecule is O=C1CCN2NCC([N+](=O)[O-])C2N1. The molecule has 2 aliphatic heterocycles. The van der Waals surface area contributed by atoms with E-state index in [9.17, 15) is 14.9 Å². The van der Waals surface area contributed by atoms with Gasteiger partial charge in [0.2, 0.25) is 5.91 Å². The second kappa shape index (κ2) is 2.93. The van der Waals surface area contributed by atoms with Crippen LogP contribution >= 0.6 is 0 Å². The van der Waals surface area contributed by atoms with Crippen LogP contribution in [-0.4, -0.2) is 41.1 Å². The molecular formula is C6H10N4O3. The number of nitrogens with zero attached hydrogens (tertiary/aromatic N) is 2. The van der Waals surface area contributed by atoms with Crippen LogP contribution in [0.25, 0.3) is 0 Å².